The van der Waals surface area contributed by atoms with Gasteiger partial charge in [0.05, 0.1) is 5.25 Å². The number of sulfone groups is 1. The van der Waals surface area contributed by atoms with Gasteiger partial charge in [0.15, 0.2) is 15.7 Å². The summed E-state index contributed by atoms with van der Waals surface area (Å²) in [5.74, 6) is -0.385. The van der Waals surface area contributed by atoms with E-state index >= 15 is 0 Å². The molecular formula is C16H20F3N5O4S. The number of halogens is 3. The van der Waals surface area contributed by atoms with Crippen LogP contribution in [0.5, 0.6) is 0 Å². The highest BCUT2D eigenvalue weighted by Gasteiger charge is 2.40. The number of rotatable bonds is 6. The molecule has 0 unspecified atom stereocenters. The van der Waals surface area contributed by atoms with Crippen molar-refractivity contribution in [3.8, 4) is 0 Å². The first-order chi connectivity index (χ1) is 13.7. The van der Waals surface area contributed by atoms with Crippen LogP contribution in [0.2, 0.25) is 0 Å². The molecule has 0 spiro atoms. The number of nitrogens with one attached hydrogen (secondary N) is 1. The van der Waals surface area contributed by atoms with Gasteiger partial charge < -0.3 is 9.42 Å². The third kappa shape index (κ3) is 4.38. The minimum Gasteiger partial charge on any atom is -0.363 e. The van der Waals surface area contributed by atoms with E-state index < -0.39 is 50.7 Å². The SMILES string of the molecule is Cn1cc(S(=O)(=O)[C@H](CF)C2CCN(C(=O)Nc3ccon3)CC2)c(C(F)F)n1. The highest BCUT2D eigenvalue weighted by molar-refractivity contribution is 7.92. The van der Waals surface area contributed by atoms with Gasteiger partial charge in [0.2, 0.25) is 0 Å². The number of anilines is 1. The van der Waals surface area contributed by atoms with Crippen LogP contribution in [0.25, 0.3) is 0 Å². The molecule has 9 nitrogen and oxygen atoms in total. The molecule has 1 aliphatic heterocycles. The predicted octanol–water partition coefficient (Wildman–Crippen LogP) is 2.40. The van der Waals surface area contributed by atoms with E-state index in [9.17, 15) is 26.4 Å². The van der Waals surface area contributed by atoms with E-state index in [0.717, 1.165) is 10.9 Å². The van der Waals surface area contributed by atoms with Crippen molar-refractivity contribution < 1.29 is 30.9 Å². The highest BCUT2D eigenvalue weighted by atomic mass is 32.2. The molecule has 2 aromatic heterocycles. The molecule has 13 heteroatoms. The maximum Gasteiger partial charge on any atom is 0.323 e. The Bertz CT molecular complexity index is 940. The van der Waals surface area contributed by atoms with Gasteiger partial charge in [-0.1, -0.05) is 5.16 Å². The maximum absolute atomic E-state index is 13.8. The Labute approximate surface area is 164 Å². The summed E-state index contributed by atoms with van der Waals surface area (Å²) in [5, 5.41) is 8.11. The van der Waals surface area contributed by atoms with E-state index in [1.54, 1.807) is 0 Å². The van der Waals surface area contributed by atoms with Crippen molar-refractivity contribution in [1.29, 1.82) is 0 Å². The summed E-state index contributed by atoms with van der Waals surface area (Å²) in [7, 11) is -3.04. The lowest BCUT2D eigenvalue weighted by atomic mass is 9.94. The zero-order valence-electron chi connectivity index (χ0n) is 15.5. The van der Waals surface area contributed by atoms with Crippen LogP contribution >= 0.6 is 0 Å². The molecule has 1 saturated heterocycles. The molecule has 0 radical (unpaired) electrons. The molecule has 2 aromatic rings. The summed E-state index contributed by atoms with van der Waals surface area (Å²) in [6.07, 6.45) is -0.400. The molecule has 1 N–H and O–H groups in total. The lowest BCUT2D eigenvalue weighted by Crippen LogP contribution is -2.45. The molecule has 3 heterocycles. The molecule has 2 amide bonds. The number of nitrogens with zero attached hydrogens (tertiary/aromatic N) is 4. The molecule has 160 valence electrons. The molecule has 0 aromatic carbocycles. The Balaban J connectivity index is 1.70. The van der Waals surface area contributed by atoms with Crippen LogP contribution in [0, 0.1) is 5.92 Å². The third-order valence-electron chi connectivity index (χ3n) is 4.91. The zero-order chi connectivity index (χ0) is 21.2. The Hall–Kier alpha value is -2.57. The molecule has 1 fully saturated rings. The first-order valence-corrected chi connectivity index (χ1v) is 10.4. The van der Waals surface area contributed by atoms with Crippen molar-refractivity contribution >= 4 is 21.7 Å². The van der Waals surface area contributed by atoms with Gasteiger partial charge in [0, 0.05) is 32.4 Å². The number of carbonyl (C=O) groups is 1. The normalized spacial score (nSPS) is 16.9. The summed E-state index contributed by atoms with van der Waals surface area (Å²) in [6, 6.07) is 1.02. The second-order valence-electron chi connectivity index (χ2n) is 6.73. The molecular weight excluding hydrogens is 415 g/mol. The average Bonchev–Trinajstić information content (AvgIpc) is 3.32. The van der Waals surface area contributed by atoms with Gasteiger partial charge >= 0.3 is 6.03 Å². The average molecular weight is 435 g/mol. The van der Waals surface area contributed by atoms with Crippen LogP contribution in [-0.2, 0) is 16.9 Å². The first-order valence-electron chi connectivity index (χ1n) is 8.82. The van der Waals surface area contributed by atoms with E-state index in [4.69, 9.17) is 0 Å². The lowest BCUT2D eigenvalue weighted by Gasteiger charge is -2.34. The van der Waals surface area contributed by atoms with E-state index in [0.29, 0.717) is 0 Å². The third-order valence-corrected chi connectivity index (χ3v) is 7.15. The molecule has 3 rings (SSSR count). The van der Waals surface area contributed by atoms with Gasteiger partial charge in [0.1, 0.15) is 23.5 Å². The van der Waals surface area contributed by atoms with Crippen molar-refractivity contribution in [1.82, 2.24) is 19.8 Å². The van der Waals surface area contributed by atoms with Crippen LogP contribution in [0.15, 0.2) is 27.9 Å². The molecule has 0 saturated carbocycles. The predicted molar refractivity (Wildman–Crippen MR) is 94.9 cm³/mol. The number of carbonyl (C=O) groups excluding carboxylic acids is 1. The number of hydrogen-bond acceptors (Lipinski definition) is 6. The van der Waals surface area contributed by atoms with E-state index in [1.165, 1.54) is 24.3 Å². The van der Waals surface area contributed by atoms with Gasteiger partial charge in [-0.2, -0.15) is 5.10 Å². The van der Waals surface area contributed by atoms with Crippen molar-refractivity contribution in [2.45, 2.75) is 29.4 Å². The van der Waals surface area contributed by atoms with Crippen molar-refractivity contribution in [3.05, 3.63) is 24.2 Å². The zero-order valence-corrected chi connectivity index (χ0v) is 16.3. The Morgan fingerprint density at radius 2 is 2.07 bits per heavy atom. The summed E-state index contributed by atoms with van der Waals surface area (Å²) in [5.41, 5.74) is -0.879. The number of urea groups is 1. The van der Waals surface area contributed by atoms with Gasteiger partial charge in [0.25, 0.3) is 6.43 Å². The summed E-state index contributed by atoms with van der Waals surface area (Å²) >= 11 is 0. The van der Waals surface area contributed by atoms with Crippen LogP contribution in [0.1, 0.15) is 25.0 Å². The van der Waals surface area contributed by atoms with Crippen LogP contribution in [0.3, 0.4) is 0 Å². The molecule has 0 aliphatic carbocycles. The molecule has 1 aliphatic rings. The lowest BCUT2D eigenvalue weighted by molar-refractivity contribution is 0.141. The fraction of sp³-hybridized carbons (Fsp3) is 0.562. The number of alkyl halides is 3. The van der Waals surface area contributed by atoms with E-state index in [2.05, 4.69) is 20.1 Å². The van der Waals surface area contributed by atoms with Crippen LogP contribution < -0.4 is 5.32 Å². The maximum atomic E-state index is 13.8. The molecule has 29 heavy (non-hydrogen) atoms. The van der Waals surface area contributed by atoms with E-state index in [-0.39, 0.29) is 31.7 Å². The fourth-order valence-electron chi connectivity index (χ4n) is 3.42. The summed E-state index contributed by atoms with van der Waals surface area (Å²) < 4.78 is 71.5. The fourth-order valence-corrected chi connectivity index (χ4v) is 5.41. The van der Waals surface area contributed by atoms with Crippen molar-refractivity contribution in [3.63, 3.8) is 0 Å². The van der Waals surface area contributed by atoms with E-state index in [1.807, 2.05) is 0 Å². The van der Waals surface area contributed by atoms with Crippen molar-refractivity contribution in [2.24, 2.45) is 13.0 Å². The van der Waals surface area contributed by atoms with Gasteiger partial charge in [-0.25, -0.2) is 26.4 Å². The van der Waals surface area contributed by atoms with Crippen LogP contribution in [0.4, 0.5) is 23.8 Å². The Morgan fingerprint density at radius 3 is 2.62 bits per heavy atom. The molecule has 1 atom stereocenters. The number of amides is 2. The highest BCUT2D eigenvalue weighted by Crippen LogP contribution is 2.33. The minimum atomic E-state index is -4.36. The largest absolute Gasteiger partial charge is 0.363 e. The smallest absolute Gasteiger partial charge is 0.323 e. The van der Waals surface area contributed by atoms with Crippen LogP contribution in [-0.4, -0.2) is 59.3 Å². The number of aryl methyl sites for hydroxylation is 1. The molecule has 0 bridgehead atoms. The standard InChI is InChI=1S/C16H20F3N5O4S/c1-23-9-12(14(21-23)15(18)19)29(26,27)11(8-17)10-2-5-24(6-3-10)16(25)20-13-4-7-28-22-13/h4,7,9-11,15H,2-3,5-6,8H2,1H3,(H,20,22,25)/t11-/m1/s1. The Kier molecular flexibility index (Phi) is 6.15. The number of likely N-dealkylation sites (tertiary alicyclic amines) is 1. The van der Waals surface area contributed by atoms with Gasteiger partial charge in [-0.15, -0.1) is 0 Å². The number of aromatic nitrogens is 3. The second kappa shape index (κ2) is 8.43. The van der Waals surface area contributed by atoms with Gasteiger partial charge in [-0.3, -0.25) is 10.00 Å². The topological polar surface area (TPSA) is 110 Å². The first kappa shape index (κ1) is 21.1. The van der Waals surface area contributed by atoms with Gasteiger partial charge in [-0.05, 0) is 18.8 Å². The quantitative estimate of drug-likeness (QED) is 0.746. The summed E-state index contributed by atoms with van der Waals surface area (Å²) in [6.45, 7) is -0.833. The summed E-state index contributed by atoms with van der Waals surface area (Å²) in [4.78, 5) is 13.0. The second-order valence-corrected chi connectivity index (χ2v) is 8.87. The van der Waals surface area contributed by atoms with Crippen molar-refractivity contribution in [2.75, 3.05) is 25.1 Å². The number of hydrogen-bond donors (Lipinski definition) is 1. The monoisotopic (exact) mass is 435 g/mol. The Morgan fingerprint density at radius 1 is 1.38 bits per heavy atom. The number of piperidine rings is 1. The minimum absolute atomic E-state index is 0.190.